The average molecular weight is 433 g/mol. The molecule has 7 nitrogen and oxygen atoms in total. The summed E-state index contributed by atoms with van der Waals surface area (Å²) in [6.07, 6.45) is 1.30. The third-order valence-corrected chi connectivity index (χ3v) is 4.83. The van der Waals surface area contributed by atoms with Gasteiger partial charge in [-0.2, -0.15) is 5.26 Å². The number of nitro benzene ring substituents is 1. The van der Waals surface area contributed by atoms with Crippen molar-refractivity contribution in [3.8, 4) is 6.07 Å². The van der Waals surface area contributed by atoms with Crippen molar-refractivity contribution in [2.75, 3.05) is 17.3 Å². The van der Waals surface area contributed by atoms with Gasteiger partial charge in [0.15, 0.2) is 0 Å². The summed E-state index contributed by atoms with van der Waals surface area (Å²) in [5, 5.41) is 24.0. The van der Waals surface area contributed by atoms with E-state index >= 15 is 0 Å². The second-order valence-corrected chi connectivity index (χ2v) is 6.91. The fourth-order valence-corrected chi connectivity index (χ4v) is 3.10. The van der Waals surface area contributed by atoms with E-state index in [4.69, 9.17) is 11.6 Å². The third kappa shape index (κ3) is 5.07. The molecule has 1 amide bonds. The molecule has 3 rings (SSSR count). The Hall–Kier alpha value is -4.15. The zero-order valence-corrected chi connectivity index (χ0v) is 17.2. The summed E-state index contributed by atoms with van der Waals surface area (Å²) in [6, 6.07) is 22.2. The maximum atomic E-state index is 12.5. The molecule has 0 unspecified atom stereocenters. The third-order valence-electron chi connectivity index (χ3n) is 4.50. The summed E-state index contributed by atoms with van der Waals surface area (Å²) in [6.45, 7) is 0. The van der Waals surface area contributed by atoms with Gasteiger partial charge in [0, 0.05) is 18.8 Å². The van der Waals surface area contributed by atoms with Gasteiger partial charge in [-0.3, -0.25) is 14.9 Å². The summed E-state index contributed by atoms with van der Waals surface area (Å²) in [4.78, 5) is 25.4. The molecule has 1 N–H and O–H groups in total. The molecule has 0 saturated heterocycles. The number of halogens is 1. The molecule has 0 bridgehead atoms. The predicted molar refractivity (Wildman–Crippen MR) is 121 cm³/mol. The van der Waals surface area contributed by atoms with Gasteiger partial charge in [0.25, 0.3) is 11.6 Å². The van der Waals surface area contributed by atoms with Crippen LogP contribution in [0.15, 0.2) is 78.4 Å². The highest BCUT2D eigenvalue weighted by Crippen LogP contribution is 2.33. The zero-order valence-electron chi connectivity index (χ0n) is 16.4. The second-order valence-electron chi connectivity index (χ2n) is 6.50. The number of carbonyl (C=O) groups excluding carboxylic acids is 1. The number of nitro groups is 1. The second kappa shape index (κ2) is 9.57. The van der Waals surface area contributed by atoms with E-state index < -0.39 is 10.8 Å². The maximum Gasteiger partial charge on any atom is 0.293 e. The van der Waals surface area contributed by atoms with Gasteiger partial charge in [0.2, 0.25) is 0 Å². The lowest BCUT2D eigenvalue weighted by atomic mass is 10.1. The predicted octanol–water partition coefficient (Wildman–Crippen LogP) is 5.56. The highest BCUT2D eigenvalue weighted by molar-refractivity contribution is 6.34. The van der Waals surface area contributed by atoms with Crippen molar-refractivity contribution in [1.82, 2.24) is 0 Å². The van der Waals surface area contributed by atoms with Gasteiger partial charge in [-0.1, -0.05) is 48.0 Å². The maximum absolute atomic E-state index is 12.5. The number of anilines is 3. The van der Waals surface area contributed by atoms with Crippen LogP contribution in [0.25, 0.3) is 6.08 Å². The Kier molecular flexibility index (Phi) is 6.65. The number of nitrogens with one attached hydrogen (secondary N) is 1. The SMILES string of the molecule is CN(c1ccccc1)c1ccc(/C=C(/C#N)C(=O)Nc2ccccc2Cl)cc1[N+](=O)[O-]. The number of nitriles is 1. The first-order valence-electron chi connectivity index (χ1n) is 9.15. The van der Waals surface area contributed by atoms with Crippen molar-refractivity contribution in [1.29, 1.82) is 5.26 Å². The molecule has 0 aliphatic carbocycles. The van der Waals surface area contributed by atoms with Crippen molar-refractivity contribution in [3.05, 3.63) is 99.1 Å². The van der Waals surface area contributed by atoms with E-state index in [0.29, 0.717) is 22.0 Å². The van der Waals surface area contributed by atoms with Crippen molar-refractivity contribution < 1.29 is 9.72 Å². The first-order chi connectivity index (χ1) is 14.9. The molecular weight excluding hydrogens is 416 g/mol. The number of rotatable bonds is 6. The Labute approximate surface area is 184 Å². The Balaban J connectivity index is 1.93. The van der Waals surface area contributed by atoms with Gasteiger partial charge < -0.3 is 10.2 Å². The van der Waals surface area contributed by atoms with Gasteiger partial charge in [0.1, 0.15) is 17.3 Å². The van der Waals surface area contributed by atoms with E-state index in [2.05, 4.69) is 5.32 Å². The number of amides is 1. The smallest absolute Gasteiger partial charge is 0.293 e. The van der Waals surface area contributed by atoms with E-state index in [1.165, 1.54) is 12.1 Å². The molecular formula is C23H17ClN4O3. The molecule has 0 aliphatic rings. The molecule has 0 spiro atoms. The molecule has 0 atom stereocenters. The van der Waals surface area contributed by atoms with Crippen LogP contribution in [-0.2, 0) is 4.79 Å². The number of nitrogens with zero attached hydrogens (tertiary/aromatic N) is 3. The molecule has 3 aromatic carbocycles. The summed E-state index contributed by atoms with van der Waals surface area (Å²) in [5.41, 5.74) is 1.52. The first-order valence-corrected chi connectivity index (χ1v) is 9.53. The Morgan fingerprint density at radius 1 is 1.13 bits per heavy atom. The Morgan fingerprint density at radius 2 is 1.81 bits per heavy atom. The van der Waals surface area contributed by atoms with Crippen LogP contribution in [0.3, 0.4) is 0 Å². The zero-order chi connectivity index (χ0) is 22.4. The first kappa shape index (κ1) is 21.6. The summed E-state index contributed by atoms with van der Waals surface area (Å²) in [5.74, 6) is -0.663. The highest BCUT2D eigenvalue weighted by Gasteiger charge is 2.19. The van der Waals surface area contributed by atoms with Gasteiger partial charge in [0.05, 0.1) is 15.6 Å². The van der Waals surface area contributed by atoms with Crippen LogP contribution in [0, 0.1) is 21.4 Å². The normalized spacial score (nSPS) is 10.8. The van der Waals surface area contributed by atoms with Crippen LogP contribution in [-0.4, -0.2) is 17.9 Å². The van der Waals surface area contributed by atoms with Crippen LogP contribution < -0.4 is 10.2 Å². The van der Waals surface area contributed by atoms with E-state index in [1.807, 2.05) is 36.4 Å². The molecule has 31 heavy (non-hydrogen) atoms. The van der Waals surface area contributed by atoms with Crippen molar-refractivity contribution in [3.63, 3.8) is 0 Å². The van der Waals surface area contributed by atoms with E-state index in [1.54, 1.807) is 48.3 Å². The van der Waals surface area contributed by atoms with Crippen LogP contribution in [0.5, 0.6) is 0 Å². The molecule has 0 fully saturated rings. The largest absolute Gasteiger partial charge is 0.339 e. The monoisotopic (exact) mass is 432 g/mol. The number of hydrogen-bond donors (Lipinski definition) is 1. The fourth-order valence-electron chi connectivity index (χ4n) is 2.92. The molecule has 154 valence electrons. The molecule has 0 saturated carbocycles. The molecule has 0 aliphatic heterocycles. The van der Waals surface area contributed by atoms with Gasteiger partial charge in [-0.25, -0.2) is 0 Å². The van der Waals surface area contributed by atoms with Crippen LogP contribution in [0.2, 0.25) is 5.02 Å². The minimum atomic E-state index is -0.663. The van der Waals surface area contributed by atoms with Crippen molar-refractivity contribution in [2.24, 2.45) is 0 Å². The topological polar surface area (TPSA) is 99.3 Å². The van der Waals surface area contributed by atoms with Crippen LogP contribution in [0.4, 0.5) is 22.7 Å². The van der Waals surface area contributed by atoms with E-state index in [-0.39, 0.29) is 11.3 Å². The number of para-hydroxylation sites is 2. The fraction of sp³-hybridized carbons (Fsp3) is 0.0435. The van der Waals surface area contributed by atoms with Gasteiger partial charge >= 0.3 is 0 Å². The lowest BCUT2D eigenvalue weighted by molar-refractivity contribution is -0.384. The summed E-state index contributed by atoms with van der Waals surface area (Å²) >= 11 is 6.03. The van der Waals surface area contributed by atoms with Gasteiger partial charge in [-0.15, -0.1) is 0 Å². The van der Waals surface area contributed by atoms with E-state index in [0.717, 1.165) is 5.69 Å². The van der Waals surface area contributed by atoms with Crippen molar-refractivity contribution in [2.45, 2.75) is 0 Å². The van der Waals surface area contributed by atoms with E-state index in [9.17, 15) is 20.2 Å². The molecule has 8 heteroatoms. The molecule has 0 radical (unpaired) electrons. The standard InChI is InChI=1S/C23H17ClN4O3/c1-27(18-7-3-2-4-8-18)21-12-11-16(14-22(21)28(30)31)13-17(15-25)23(29)26-20-10-6-5-9-19(20)24/h2-14H,1H3,(H,26,29)/b17-13-. The Morgan fingerprint density at radius 3 is 2.45 bits per heavy atom. The lowest BCUT2D eigenvalue weighted by Crippen LogP contribution is -2.14. The summed E-state index contributed by atoms with van der Waals surface area (Å²) in [7, 11) is 1.73. The minimum absolute atomic E-state index is 0.149. The van der Waals surface area contributed by atoms with Crippen LogP contribution in [0.1, 0.15) is 5.56 Å². The Bertz CT molecular complexity index is 1200. The number of hydrogen-bond acceptors (Lipinski definition) is 5. The molecule has 3 aromatic rings. The van der Waals surface area contributed by atoms with Gasteiger partial charge in [-0.05, 0) is 42.0 Å². The van der Waals surface area contributed by atoms with Crippen LogP contribution >= 0.6 is 11.6 Å². The van der Waals surface area contributed by atoms with Crippen molar-refractivity contribution >= 4 is 46.3 Å². The highest BCUT2D eigenvalue weighted by atomic mass is 35.5. The lowest BCUT2D eigenvalue weighted by Gasteiger charge is -2.19. The molecule has 0 aromatic heterocycles. The number of benzene rings is 3. The summed E-state index contributed by atoms with van der Waals surface area (Å²) < 4.78 is 0. The average Bonchev–Trinajstić information content (AvgIpc) is 2.78. The minimum Gasteiger partial charge on any atom is -0.339 e. The molecule has 0 heterocycles. The quantitative estimate of drug-likeness (QED) is 0.238. The number of carbonyl (C=O) groups is 1.